The van der Waals surface area contributed by atoms with Crippen molar-refractivity contribution in [1.29, 1.82) is 0 Å². The number of fused-ring (bicyclic) bond motifs is 1. The van der Waals surface area contributed by atoms with Crippen molar-refractivity contribution in [1.82, 2.24) is 0 Å². The van der Waals surface area contributed by atoms with E-state index in [1.54, 1.807) is 0 Å². The van der Waals surface area contributed by atoms with E-state index in [9.17, 15) is 4.79 Å². The second-order valence-electron chi connectivity index (χ2n) is 4.04. The molecule has 1 aliphatic carbocycles. The quantitative estimate of drug-likeness (QED) is 0.818. The van der Waals surface area contributed by atoms with E-state index < -0.39 is 0 Å². The Balaban J connectivity index is 2.09. The summed E-state index contributed by atoms with van der Waals surface area (Å²) in [4.78, 5) is 11.7. The number of amides is 1. The molecule has 2 nitrogen and oxygen atoms in total. The second-order valence-corrected chi connectivity index (χ2v) is 4.95. The fraction of sp³-hybridized carbons (Fsp3) is 0.364. The van der Waals surface area contributed by atoms with Crippen LogP contribution < -0.4 is 5.32 Å². The molecule has 0 spiro atoms. The van der Waals surface area contributed by atoms with Gasteiger partial charge in [-0.25, -0.2) is 0 Å². The first-order valence-corrected chi connectivity index (χ1v) is 5.65. The van der Waals surface area contributed by atoms with Crippen molar-refractivity contribution in [2.45, 2.75) is 18.8 Å². The highest BCUT2D eigenvalue weighted by atomic mass is 79.9. The van der Waals surface area contributed by atoms with Crippen LogP contribution in [-0.2, 0) is 4.79 Å². The summed E-state index contributed by atoms with van der Waals surface area (Å²) in [5, 5.41) is 2.94. The summed E-state index contributed by atoms with van der Waals surface area (Å²) in [6, 6.07) is 6.00. The van der Waals surface area contributed by atoms with Crippen molar-refractivity contribution < 1.29 is 4.79 Å². The number of hydrogen-bond donors (Lipinski definition) is 1. The Morgan fingerprint density at radius 2 is 2.14 bits per heavy atom. The van der Waals surface area contributed by atoms with E-state index >= 15 is 0 Å². The zero-order valence-corrected chi connectivity index (χ0v) is 9.17. The lowest BCUT2D eigenvalue weighted by atomic mass is 9.96. The Kier molecular flexibility index (Phi) is 1.71. The monoisotopic (exact) mass is 251 g/mol. The van der Waals surface area contributed by atoms with Crippen LogP contribution in [0.3, 0.4) is 0 Å². The third kappa shape index (κ3) is 1.19. The van der Waals surface area contributed by atoms with Crippen molar-refractivity contribution in [3.63, 3.8) is 0 Å². The second kappa shape index (κ2) is 2.83. The third-order valence-corrected chi connectivity index (χ3v) is 3.48. The molecule has 0 radical (unpaired) electrons. The van der Waals surface area contributed by atoms with E-state index in [4.69, 9.17) is 0 Å². The maximum absolute atomic E-state index is 11.7. The minimum Gasteiger partial charge on any atom is -0.325 e. The Hall–Kier alpha value is -0.830. The molecule has 1 aliphatic heterocycles. The topological polar surface area (TPSA) is 29.1 Å². The normalized spacial score (nSPS) is 24.6. The molecular formula is C11H10BrNO. The van der Waals surface area contributed by atoms with E-state index in [-0.39, 0.29) is 11.8 Å². The van der Waals surface area contributed by atoms with Gasteiger partial charge in [-0.15, -0.1) is 0 Å². The minimum atomic E-state index is 0.113. The van der Waals surface area contributed by atoms with Crippen LogP contribution in [0.4, 0.5) is 5.69 Å². The first kappa shape index (κ1) is 8.48. The van der Waals surface area contributed by atoms with Crippen LogP contribution in [0, 0.1) is 5.92 Å². The van der Waals surface area contributed by atoms with Gasteiger partial charge < -0.3 is 5.32 Å². The SMILES string of the molecule is O=C1Nc2ccc(Br)cc2C1C1CC1. The van der Waals surface area contributed by atoms with Gasteiger partial charge in [0.05, 0.1) is 5.92 Å². The number of anilines is 1. The third-order valence-electron chi connectivity index (χ3n) is 2.98. The maximum atomic E-state index is 11.7. The molecule has 1 fully saturated rings. The molecule has 1 saturated carbocycles. The molecule has 1 aromatic rings. The molecule has 1 aromatic carbocycles. The van der Waals surface area contributed by atoms with Gasteiger partial charge in [-0.3, -0.25) is 4.79 Å². The standard InChI is InChI=1S/C11H10BrNO/c12-7-3-4-9-8(5-7)10(6-1-2-6)11(14)13-9/h3-6,10H,1-2H2,(H,13,14). The lowest BCUT2D eigenvalue weighted by molar-refractivity contribution is -0.117. The van der Waals surface area contributed by atoms with E-state index in [1.807, 2.05) is 12.1 Å². The molecular weight excluding hydrogens is 242 g/mol. The number of carbonyl (C=O) groups is 1. The highest BCUT2D eigenvalue weighted by molar-refractivity contribution is 9.10. The summed E-state index contributed by atoms with van der Waals surface area (Å²) in [6.07, 6.45) is 2.40. The number of halogens is 1. The summed E-state index contributed by atoms with van der Waals surface area (Å²) < 4.78 is 1.05. The molecule has 1 unspecified atom stereocenters. The van der Waals surface area contributed by atoms with E-state index in [1.165, 1.54) is 18.4 Å². The minimum absolute atomic E-state index is 0.113. The molecule has 0 bridgehead atoms. The lowest BCUT2D eigenvalue weighted by Crippen LogP contribution is -2.13. The Bertz CT molecular complexity index is 412. The summed E-state index contributed by atoms with van der Waals surface area (Å²) in [6.45, 7) is 0. The summed E-state index contributed by atoms with van der Waals surface area (Å²) in [7, 11) is 0. The Labute approximate surface area is 90.8 Å². The molecule has 2 aliphatic rings. The lowest BCUT2D eigenvalue weighted by Gasteiger charge is -2.05. The zero-order chi connectivity index (χ0) is 9.71. The Morgan fingerprint density at radius 1 is 1.36 bits per heavy atom. The smallest absolute Gasteiger partial charge is 0.232 e. The van der Waals surface area contributed by atoms with Crippen LogP contribution in [-0.4, -0.2) is 5.91 Å². The van der Waals surface area contributed by atoms with Gasteiger partial charge in [0.1, 0.15) is 0 Å². The van der Waals surface area contributed by atoms with E-state index in [2.05, 4.69) is 27.3 Å². The molecule has 3 rings (SSSR count). The van der Waals surface area contributed by atoms with Gasteiger partial charge in [0.25, 0.3) is 0 Å². The zero-order valence-electron chi connectivity index (χ0n) is 7.59. The van der Waals surface area contributed by atoms with Crippen molar-refractivity contribution in [2.75, 3.05) is 5.32 Å². The largest absolute Gasteiger partial charge is 0.325 e. The van der Waals surface area contributed by atoms with Gasteiger partial charge >= 0.3 is 0 Å². The highest BCUT2D eigenvalue weighted by Gasteiger charge is 2.42. The molecule has 1 amide bonds. The molecule has 1 N–H and O–H groups in total. The van der Waals surface area contributed by atoms with Gasteiger partial charge in [-0.05, 0) is 42.5 Å². The van der Waals surface area contributed by atoms with Crippen LogP contribution in [0.25, 0.3) is 0 Å². The van der Waals surface area contributed by atoms with Crippen LogP contribution in [0.15, 0.2) is 22.7 Å². The molecule has 0 aromatic heterocycles. The molecule has 14 heavy (non-hydrogen) atoms. The predicted octanol–water partition coefficient (Wildman–Crippen LogP) is 2.89. The summed E-state index contributed by atoms with van der Waals surface area (Å²) in [5.41, 5.74) is 2.17. The van der Waals surface area contributed by atoms with Gasteiger partial charge in [0, 0.05) is 10.2 Å². The molecule has 0 saturated heterocycles. The number of hydrogen-bond acceptors (Lipinski definition) is 1. The van der Waals surface area contributed by atoms with Gasteiger partial charge in [0.15, 0.2) is 0 Å². The number of benzene rings is 1. The average molecular weight is 252 g/mol. The van der Waals surface area contributed by atoms with Crippen LogP contribution in [0.1, 0.15) is 24.3 Å². The van der Waals surface area contributed by atoms with Crippen molar-refractivity contribution in [3.05, 3.63) is 28.2 Å². The molecule has 1 atom stereocenters. The van der Waals surface area contributed by atoms with Crippen LogP contribution in [0.2, 0.25) is 0 Å². The van der Waals surface area contributed by atoms with Crippen LogP contribution >= 0.6 is 15.9 Å². The fourth-order valence-corrected chi connectivity index (χ4v) is 2.53. The number of carbonyl (C=O) groups excluding carboxylic acids is 1. The van der Waals surface area contributed by atoms with Crippen molar-refractivity contribution in [2.24, 2.45) is 5.92 Å². The predicted molar refractivity (Wildman–Crippen MR) is 58.2 cm³/mol. The van der Waals surface area contributed by atoms with Gasteiger partial charge in [-0.1, -0.05) is 15.9 Å². The number of rotatable bonds is 1. The number of nitrogens with one attached hydrogen (secondary N) is 1. The average Bonchev–Trinajstić information content (AvgIpc) is 2.90. The van der Waals surface area contributed by atoms with Crippen molar-refractivity contribution in [3.8, 4) is 0 Å². The Morgan fingerprint density at radius 3 is 2.86 bits per heavy atom. The summed E-state index contributed by atoms with van der Waals surface area (Å²) >= 11 is 3.44. The highest BCUT2D eigenvalue weighted by Crippen LogP contribution is 2.48. The fourth-order valence-electron chi connectivity index (χ4n) is 2.15. The van der Waals surface area contributed by atoms with E-state index in [0.717, 1.165) is 10.2 Å². The molecule has 3 heteroatoms. The van der Waals surface area contributed by atoms with Gasteiger partial charge in [-0.2, -0.15) is 0 Å². The molecule has 72 valence electrons. The first-order valence-electron chi connectivity index (χ1n) is 4.86. The van der Waals surface area contributed by atoms with Gasteiger partial charge in [0.2, 0.25) is 5.91 Å². The first-order chi connectivity index (χ1) is 6.75. The summed E-state index contributed by atoms with van der Waals surface area (Å²) in [5.74, 6) is 0.883. The van der Waals surface area contributed by atoms with Crippen molar-refractivity contribution >= 4 is 27.5 Å². The van der Waals surface area contributed by atoms with E-state index in [0.29, 0.717) is 5.92 Å². The maximum Gasteiger partial charge on any atom is 0.232 e. The molecule has 1 heterocycles. The van der Waals surface area contributed by atoms with Crippen LogP contribution in [0.5, 0.6) is 0 Å².